The molecule has 2 aliphatic heterocycles. The fourth-order valence-electron chi connectivity index (χ4n) is 9.85. The topological polar surface area (TPSA) is 220 Å². The van der Waals surface area contributed by atoms with Gasteiger partial charge in [0.2, 0.25) is 23.6 Å². The Hall–Kier alpha value is -5.83. The van der Waals surface area contributed by atoms with Crippen LogP contribution in [0.1, 0.15) is 119 Å². The van der Waals surface area contributed by atoms with Gasteiger partial charge in [0.25, 0.3) is 0 Å². The van der Waals surface area contributed by atoms with E-state index >= 15 is 0 Å². The first kappa shape index (κ1) is 59.8. The summed E-state index contributed by atoms with van der Waals surface area (Å²) in [6.07, 6.45) is 2.71. The molecule has 2 fully saturated rings. The van der Waals surface area contributed by atoms with E-state index in [1.807, 2.05) is 71.9 Å². The van der Waals surface area contributed by atoms with Crippen LogP contribution in [0, 0.1) is 19.3 Å². The van der Waals surface area contributed by atoms with Crippen molar-refractivity contribution < 1.29 is 46.9 Å². The van der Waals surface area contributed by atoms with Gasteiger partial charge in [-0.05, 0) is 106 Å². The number of halogens is 1. The predicted molar refractivity (Wildman–Crippen MR) is 300 cm³/mol. The SMILES string of the molecule is Cc1cc(Cc2ncc(Cl)c(Cc3ccccc3S(=O)(=O)C(C)C)n2)c(OC(C)C)cc1C1CCN(C(=O)COCCOCC(=O)N[C@H](C(=O)N2C[C@H](O)C[C@H]2C(=O)NCc2ccc(-c3scnc3C)cc2)C(C)(C)C)CC1. The average Bonchev–Trinajstić information content (AvgIpc) is 4.02. The molecule has 3 N–H and O–H groups in total. The maximum absolute atomic E-state index is 14.1. The number of ether oxygens (including phenoxy) is 3. The number of sulfone groups is 1. The van der Waals surface area contributed by atoms with Crippen molar-refractivity contribution in [3.8, 4) is 16.2 Å². The highest BCUT2D eigenvalue weighted by Crippen LogP contribution is 2.36. The van der Waals surface area contributed by atoms with Crippen LogP contribution in [-0.2, 0) is 57.9 Å². The van der Waals surface area contributed by atoms with Gasteiger partial charge in [-0.1, -0.05) is 80.9 Å². The summed E-state index contributed by atoms with van der Waals surface area (Å²) in [6, 6.07) is 17.1. The van der Waals surface area contributed by atoms with Gasteiger partial charge >= 0.3 is 0 Å². The molecule has 0 unspecified atom stereocenters. The zero-order valence-corrected chi connectivity index (χ0v) is 48.5. The number of aliphatic hydroxyl groups excluding tert-OH is 1. The number of carbonyl (C=O) groups excluding carboxylic acids is 4. The molecule has 78 heavy (non-hydrogen) atoms. The van der Waals surface area contributed by atoms with E-state index in [9.17, 15) is 32.7 Å². The molecule has 5 aromatic rings. The van der Waals surface area contributed by atoms with E-state index in [1.165, 1.54) is 4.90 Å². The van der Waals surface area contributed by atoms with Crippen molar-refractivity contribution in [1.29, 1.82) is 0 Å². The first-order chi connectivity index (χ1) is 37.0. The minimum absolute atomic E-state index is 0.0336. The smallest absolute Gasteiger partial charge is 0.248 e. The Kier molecular flexibility index (Phi) is 20.3. The summed E-state index contributed by atoms with van der Waals surface area (Å²) in [4.78, 5) is 72.2. The lowest BCUT2D eigenvalue weighted by atomic mass is 9.85. The molecule has 4 heterocycles. The summed E-state index contributed by atoms with van der Waals surface area (Å²) in [6.45, 7) is 17.6. The third-order valence-electron chi connectivity index (χ3n) is 14.1. The molecule has 17 nitrogen and oxygen atoms in total. The number of rotatable bonds is 22. The highest BCUT2D eigenvalue weighted by Gasteiger charge is 2.44. The molecule has 0 radical (unpaired) electrons. The second-order valence-electron chi connectivity index (χ2n) is 21.8. The van der Waals surface area contributed by atoms with Crippen molar-refractivity contribution >= 4 is 56.4 Å². The number of benzene rings is 3. The maximum Gasteiger partial charge on any atom is 0.248 e. The number of likely N-dealkylation sites (tertiary alicyclic amines) is 2. The van der Waals surface area contributed by atoms with Crippen LogP contribution < -0.4 is 15.4 Å². The minimum Gasteiger partial charge on any atom is -0.491 e. The largest absolute Gasteiger partial charge is 0.491 e. The number of β-amino-alcohol motifs (C(OH)–C–C–N with tert-alkyl or cyclic N) is 1. The van der Waals surface area contributed by atoms with Crippen molar-refractivity contribution in [3.05, 3.63) is 122 Å². The zero-order valence-electron chi connectivity index (χ0n) is 46.1. The van der Waals surface area contributed by atoms with E-state index in [1.54, 1.807) is 60.0 Å². The van der Waals surface area contributed by atoms with Gasteiger partial charge in [0.05, 0.1) is 62.4 Å². The lowest BCUT2D eigenvalue weighted by Crippen LogP contribution is -2.58. The highest BCUT2D eigenvalue weighted by molar-refractivity contribution is 7.92. The van der Waals surface area contributed by atoms with Crippen molar-refractivity contribution in [2.75, 3.05) is 46.1 Å². The van der Waals surface area contributed by atoms with Gasteiger partial charge in [-0.15, -0.1) is 11.3 Å². The summed E-state index contributed by atoms with van der Waals surface area (Å²) in [7, 11) is -3.53. The van der Waals surface area contributed by atoms with Crippen LogP contribution in [0.25, 0.3) is 10.4 Å². The molecule has 7 rings (SSSR count). The van der Waals surface area contributed by atoms with Crippen LogP contribution in [0.15, 0.2) is 77.3 Å². The number of hydrogen-bond acceptors (Lipinski definition) is 14. The third kappa shape index (κ3) is 15.3. The lowest BCUT2D eigenvalue weighted by molar-refractivity contribution is -0.144. The van der Waals surface area contributed by atoms with E-state index in [4.69, 9.17) is 30.8 Å². The Labute approximate surface area is 467 Å². The zero-order chi connectivity index (χ0) is 56.5. The number of nitrogens with zero attached hydrogens (tertiary/aromatic N) is 5. The van der Waals surface area contributed by atoms with Crippen LogP contribution in [0.3, 0.4) is 0 Å². The average molecular weight is 1130 g/mol. The molecule has 3 atom stereocenters. The van der Waals surface area contributed by atoms with Crippen LogP contribution >= 0.6 is 22.9 Å². The molecule has 0 spiro atoms. The van der Waals surface area contributed by atoms with E-state index in [-0.39, 0.29) is 75.2 Å². The number of aryl methyl sites for hydroxylation is 2. The van der Waals surface area contributed by atoms with Crippen molar-refractivity contribution in [1.82, 2.24) is 35.4 Å². The number of nitrogens with one attached hydrogen (secondary N) is 2. The number of amides is 4. The predicted octanol–water partition coefficient (Wildman–Crippen LogP) is 7.57. The monoisotopic (exact) mass is 1130 g/mol. The molecule has 3 aromatic carbocycles. The van der Waals surface area contributed by atoms with Gasteiger partial charge in [-0.3, -0.25) is 19.2 Å². The Morgan fingerprint density at radius 2 is 1.60 bits per heavy atom. The Morgan fingerprint density at radius 1 is 0.910 bits per heavy atom. The number of carbonyl (C=O) groups is 4. The Balaban J connectivity index is 0.853. The number of hydrogen-bond donors (Lipinski definition) is 3. The first-order valence-electron chi connectivity index (χ1n) is 26.6. The molecule has 0 bridgehead atoms. The lowest BCUT2D eigenvalue weighted by Gasteiger charge is -2.35. The normalized spacial score (nSPS) is 16.7. The van der Waals surface area contributed by atoms with Gasteiger partial charge in [0.1, 0.15) is 36.9 Å². The van der Waals surface area contributed by atoms with Crippen molar-refractivity contribution in [2.45, 2.75) is 141 Å². The third-order valence-corrected chi connectivity index (χ3v) is 17.7. The fourth-order valence-corrected chi connectivity index (χ4v) is 12.1. The minimum atomic E-state index is -3.53. The van der Waals surface area contributed by atoms with Crippen LogP contribution in [0.5, 0.6) is 5.75 Å². The summed E-state index contributed by atoms with van der Waals surface area (Å²) in [5.41, 5.74) is 8.23. The molecule has 0 aliphatic carbocycles. The van der Waals surface area contributed by atoms with Gasteiger partial charge in [0.15, 0.2) is 9.84 Å². The molecule has 2 aliphatic rings. The van der Waals surface area contributed by atoms with Gasteiger partial charge in [-0.2, -0.15) is 0 Å². The van der Waals surface area contributed by atoms with Gasteiger partial charge in [0, 0.05) is 57.2 Å². The molecule has 2 aromatic heterocycles. The molecule has 2 saturated heterocycles. The quantitative estimate of drug-likeness (QED) is 0.0571. The summed E-state index contributed by atoms with van der Waals surface area (Å²) >= 11 is 8.17. The van der Waals surface area contributed by atoms with E-state index in [0.29, 0.717) is 41.6 Å². The molecular weight excluding hydrogens is 1050 g/mol. The Bertz CT molecular complexity index is 3030. The fraction of sp³-hybridized carbons (Fsp3) is 0.500. The second kappa shape index (κ2) is 26.4. The second-order valence-corrected chi connectivity index (χ2v) is 25.6. The number of aromatic nitrogens is 3. The number of thiazole rings is 1. The number of piperidine rings is 1. The first-order valence-corrected chi connectivity index (χ1v) is 29.4. The van der Waals surface area contributed by atoms with Crippen LogP contribution in [0.2, 0.25) is 5.02 Å². The van der Waals surface area contributed by atoms with Crippen LogP contribution in [0.4, 0.5) is 0 Å². The van der Waals surface area contributed by atoms with Crippen LogP contribution in [-0.4, -0.2) is 138 Å². The molecule has 420 valence electrons. The Morgan fingerprint density at radius 3 is 2.26 bits per heavy atom. The summed E-state index contributed by atoms with van der Waals surface area (Å²) in [5, 5.41) is 16.1. The standard InChI is InChI=1S/C58H74ClN7O10S2/c1-35(2)76-49-28-45(37(5)24-43(49)26-51-60-30-46(59)47(63-51)25-42-12-10-11-13-50(42)78(72,73)36(3)4)40-18-20-65(21-19-40)53(69)33-75-23-22-74-32-52(68)64-55(58(7,8)9)57(71)66-31-44(67)27-48(66)56(70)61-29-39-14-16-41(17-15-39)54-38(6)62-34-77-54/h10-17,24,28,30,34-36,40,44,48,55,67H,18-23,25-27,29,31-33H2,1-9H3,(H,61,70)(H,64,68)/t44-,48+,55-/m1/s1. The van der Waals surface area contributed by atoms with Crippen molar-refractivity contribution in [3.63, 3.8) is 0 Å². The summed E-state index contributed by atoms with van der Waals surface area (Å²) in [5.74, 6) is -0.102. The number of aliphatic hydroxyl groups is 1. The maximum atomic E-state index is 14.1. The van der Waals surface area contributed by atoms with E-state index in [0.717, 1.165) is 57.0 Å². The van der Waals surface area contributed by atoms with Gasteiger partial charge < -0.3 is 39.8 Å². The molecule has 20 heteroatoms. The van der Waals surface area contributed by atoms with E-state index < -0.39 is 56.4 Å². The summed E-state index contributed by atoms with van der Waals surface area (Å²) < 4.78 is 44.0. The molecule has 0 saturated carbocycles. The molecular formula is C58H74ClN7O10S2. The van der Waals surface area contributed by atoms with E-state index in [2.05, 4.69) is 39.7 Å². The van der Waals surface area contributed by atoms with Crippen molar-refractivity contribution in [2.24, 2.45) is 5.41 Å². The highest BCUT2D eigenvalue weighted by atomic mass is 35.5. The van der Waals surface area contributed by atoms with Gasteiger partial charge in [-0.25, -0.2) is 23.4 Å². The molecule has 4 amide bonds.